The first-order valence-corrected chi connectivity index (χ1v) is 9.62. The first-order chi connectivity index (χ1) is 14.4. The van der Waals surface area contributed by atoms with E-state index >= 15 is 0 Å². The van der Waals surface area contributed by atoms with Gasteiger partial charge in [-0.05, 0) is 31.3 Å². The molecule has 11 heteroatoms. The summed E-state index contributed by atoms with van der Waals surface area (Å²) >= 11 is 5.34. The number of piperazine rings is 1. The summed E-state index contributed by atoms with van der Waals surface area (Å²) in [7, 11) is 4.34. The van der Waals surface area contributed by atoms with E-state index in [1.807, 2.05) is 0 Å². The lowest BCUT2D eigenvalue weighted by atomic mass is 10.1. The van der Waals surface area contributed by atoms with Gasteiger partial charge in [0, 0.05) is 18.7 Å². The van der Waals surface area contributed by atoms with Gasteiger partial charge < -0.3 is 29.2 Å². The smallest absolute Gasteiger partial charge is 0.308 e. The van der Waals surface area contributed by atoms with Crippen molar-refractivity contribution >= 4 is 35.1 Å². The van der Waals surface area contributed by atoms with Crippen molar-refractivity contribution in [2.75, 3.05) is 41.0 Å². The molecule has 0 aliphatic carbocycles. The van der Waals surface area contributed by atoms with E-state index in [9.17, 15) is 14.4 Å². The van der Waals surface area contributed by atoms with Crippen molar-refractivity contribution in [3.05, 3.63) is 17.7 Å². The summed E-state index contributed by atoms with van der Waals surface area (Å²) < 4.78 is 20.7. The predicted molar refractivity (Wildman–Crippen MR) is 111 cm³/mol. The van der Waals surface area contributed by atoms with E-state index < -0.39 is 17.9 Å². The Labute approximate surface area is 179 Å². The Morgan fingerprint density at radius 1 is 1.20 bits per heavy atom. The average molecular weight is 439 g/mol. The molecule has 1 saturated heterocycles. The molecule has 0 aromatic heterocycles. The van der Waals surface area contributed by atoms with Crippen LogP contribution in [0.15, 0.2) is 12.1 Å². The Bertz CT molecular complexity index is 805. The van der Waals surface area contributed by atoms with Gasteiger partial charge in [-0.15, -0.1) is 0 Å². The molecule has 0 unspecified atom stereocenters. The van der Waals surface area contributed by atoms with Crippen LogP contribution in [0.25, 0.3) is 0 Å². The Morgan fingerprint density at radius 3 is 2.37 bits per heavy atom. The van der Waals surface area contributed by atoms with Crippen LogP contribution in [0.4, 0.5) is 0 Å². The van der Waals surface area contributed by atoms with Gasteiger partial charge in [-0.2, -0.15) is 0 Å². The molecule has 2 N–H and O–H groups in total. The molecule has 1 aliphatic heterocycles. The Kier molecular flexibility index (Phi) is 8.22. The molecule has 2 rings (SSSR count). The summed E-state index contributed by atoms with van der Waals surface area (Å²) in [4.78, 5) is 38.4. The van der Waals surface area contributed by atoms with Crippen LogP contribution in [0.5, 0.6) is 17.2 Å². The molecule has 0 spiro atoms. The highest BCUT2D eigenvalue weighted by molar-refractivity contribution is 7.80. The van der Waals surface area contributed by atoms with Crippen LogP contribution in [0.2, 0.25) is 0 Å². The second kappa shape index (κ2) is 10.6. The molecule has 164 valence electrons. The summed E-state index contributed by atoms with van der Waals surface area (Å²) in [5, 5.41) is 5.31. The maximum absolute atomic E-state index is 12.8. The van der Waals surface area contributed by atoms with Gasteiger partial charge in [-0.25, -0.2) is 0 Å². The zero-order valence-corrected chi connectivity index (χ0v) is 18.1. The summed E-state index contributed by atoms with van der Waals surface area (Å²) in [6.45, 7) is 2.55. The van der Waals surface area contributed by atoms with Crippen molar-refractivity contribution in [1.82, 2.24) is 15.5 Å². The van der Waals surface area contributed by atoms with Crippen molar-refractivity contribution in [3.63, 3.8) is 0 Å². The second-order valence-electron chi connectivity index (χ2n) is 6.18. The zero-order valence-electron chi connectivity index (χ0n) is 17.3. The SMILES string of the molecule is CCOC(=O)C[C@H]1C(=O)NCCN1C(=S)NC(=O)c1cc(OC)c(OC)c(OC)c1. The average Bonchev–Trinajstić information content (AvgIpc) is 2.73. The van der Waals surface area contributed by atoms with Crippen LogP contribution in [0, 0.1) is 0 Å². The Morgan fingerprint density at radius 2 is 1.83 bits per heavy atom. The number of hydrogen-bond acceptors (Lipinski definition) is 8. The standard InChI is InChI=1S/C19H25N3O7S/c1-5-29-15(23)10-12-18(25)20-6-7-22(12)19(30)21-17(24)11-8-13(26-2)16(28-4)14(9-11)27-3/h8-9,12H,5-7,10H2,1-4H3,(H,20,25)(H,21,24,30)/t12-/m0/s1. The molecular formula is C19H25N3O7S. The van der Waals surface area contributed by atoms with Crippen LogP contribution in [0.1, 0.15) is 23.7 Å². The van der Waals surface area contributed by atoms with E-state index in [1.54, 1.807) is 6.92 Å². The van der Waals surface area contributed by atoms with Crippen molar-refractivity contribution < 1.29 is 33.3 Å². The molecule has 1 fully saturated rings. The number of nitrogens with zero attached hydrogens (tertiary/aromatic N) is 1. The first kappa shape index (κ1) is 23.2. The van der Waals surface area contributed by atoms with Crippen molar-refractivity contribution in [3.8, 4) is 17.2 Å². The molecular weight excluding hydrogens is 414 g/mol. The van der Waals surface area contributed by atoms with Gasteiger partial charge in [-0.3, -0.25) is 19.7 Å². The van der Waals surface area contributed by atoms with Crippen LogP contribution < -0.4 is 24.8 Å². The van der Waals surface area contributed by atoms with Gasteiger partial charge in [0.1, 0.15) is 6.04 Å². The molecule has 0 saturated carbocycles. The topological polar surface area (TPSA) is 115 Å². The van der Waals surface area contributed by atoms with Crippen LogP contribution in [0.3, 0.4) is 0 Å². The number of esters is 1. The molecule has 10 nitrogen and oxygen atoms in total. The molecule has 1 aromatic rings. The third kappa shape index (κ3) is 5.29. The van der Waals surface area contributed by atoms with E-state index in [2.05, 4.69) is 10.6 Å². The Balaban J connectivity index is 2.20. The van der Waals surface area contributed by atoms with Gasteiger partial charge in [0.2, 0.25) is 11.7 Å². The molecule has 1 heterocycles. The number of benzene rings is 1. The second-order valence-corrected chi connectivity index (χ2v) is 6.57. The molecule has 1 aliphatic rings. The fourth-order valence-electron chi connectivity index (χ4n) is 2.99. The highest BCUT2D eigenvalue weighted by Gasteiger charge is 2.34. The molecule has 0 bridgehead atoms. The fourth-order valence-corrected chi connectivity index (χ4v) is 3.30. The number of nitrogens with one attached hydrogen (secondary N) is 2. The molecule has 2 amide bonds. The lowest BCUT2D eigenvalue weighted by Gasteiger charge is -2.36. The maximum Gasteiger partial charge on any atom is 0.308 e. The van der Waals surface area contributed by atoms with E-state index in [-0.39, 0.29) is 29.6 Å². The normalized spacial score (nSPS) is 15.7. The van der Waals surface area contributed by atoms with E-state index in [1.165, 1.54) is 38.4 Å². The predicted octanol–water partition coefficient (Wildman–Crippen LogP) is 0.481. The first-order valence-electron chi connectivity index (χ1n) is 9.21. The minimum absolute atomic E-state index is 0.0258. The third-order valence-corrected chi connectivity index (χ3v) is 4.74. The van der Waals surface area contributed by atoms with Crippen molar-refractivity contribution in [2.24, 2.45) is 0 Å². The van der Waals surface area contributed by atoms with Crippen molar-refractivity contribution in [1.29, 1.82) is 0 Å². The molecule has 30 heavy (non-hydrogen) atoms. The highest BCUT2D eigenvalue weighted by atomic mass is 32.1. The minimum atomic E-state index is -0.870. The summed E-state index contributed by atoms with van der Waals surface area (Å²) in [6.07, 6.45) is -0.181. The van der Waals surface area contributed by atoms with E-state index in [4.69, 9.17) is 31.2 Å². The van der Waals surface area contributed by atoms with Gasteiger partial charge >= 0.3 is 5.97 Å². The summed E-state index contributed by atoms with van der Waals surface area (Å²) in [5.74, 6) is -0.445. The largest absolute Gasteiger partial charge is 0.493 e. The lowest BCUT2D eigenvalue weighted by molar-refractivity contribution is -0.147. The summed E-state index contributed by atoms with van der Waals surface area (Å²) in [5.41, 5.74) is 0.218. The highest BCUT2D eigenvalue weighted by Crippen LogP contribution is 2.38. The minimum Gasteiger partial charge on any atom is -0.493 e. The number of carbonyl (C=O) groups is 3. The zero-order chi connectivity index (χ0) is 22.3. The van der Waals surface area contributed by atoms with Gasteiger partial charge in [-0.1, -0.05) is 0 Å². The number of ether oxygens (including phenoxy) is 4. The van der Waals surface area contributed by atoms with Crippen LogP contribution >= 0.6 is 12.2 Å². The van der Waals surface area contributed by atoms with Gasteiger partial charge in [0.15, 0.2) is 16.6 Å². The quantitative estimate of drug-likeness (QED) is 0.462. The monoisotopic (exact) mass is 439 g/mol. The van der Waals surface area contributed by atoms with Crippen molar-refractivity contribution in [2.45, 2.75) is 19.4 Å². The lowest BCUT2D eigenvalue weighted by Crippen LogP contribution is -2.60. The number of rotatable bonds is 7. The number of carbonyl (C=O) groups excluding carboxylic acids is 3. The van der Waals surface area contributed by atoms with E-state index in [0.29, 0.717) is 30.3 Å². The molecule has 1 aromatic carbocycles. The number of methoxy groups -OCH3 is 3. The molecule has 1 atom stereocenters. The van der Waals surface area contributed by atoms with E-state index in [0.717, 1.165) is 0 Å². The van der Waals surface area contributed by atoms with Crippen LogP contribution in [-0.2, 0) is 14.3 Å². The number of amides is 2. The molecule has 0 radical (unpaired) electrons. The maximum atomic E-state index is 12.8. The number of hydrogen-bond donors (Lipinski definition) is 2. The Hall–Kier alpha value is -3.08. The van der Waals surface area contributed by atoms with Crippen LogP contribution in [-0.4, -0.2) is 74.9 Å². The fraction of sp³-hybridized carbons (Fsp3) is 0.474. The van der Waals surface area contributed by atoms with Gasteiger partial charge in [0.05, 0.1) is 34.4 Å². The number of thiocarbonyl (C=S) groups is 1. The summed E-state index contributed by atoms with van der Waals surface area (Å²) in [6, 6.07) is 2.10. The third-order valence-electron chi connectivity index (χ3n) is 4.40. The van der Waals surface area contributed by atoms with Gasteiger partial charge in [0.25, 0.3) is 5.91 Å².